The maximum absolute atomic E-state index is 11.6. The zero-order chi connectivity index (χ0) is 14.1. The van der Waals surface area contributed by atoms with Crippen molar-refractivity contribution in [2.45, 2.75) is 5.37 Å². The number of methoxy groups -OCH3 is 1. The Hall–Kier alpha value is -1.88. The molecule has 5 heteroatoms. The van der Waals surface area contributed by atoms with E-state index in [2.05, 4.69) is 16.8 Å². The predicted octanol–water partition coefficient (Wildman–Crippen LogP) is 2.69. The van der Waals surface area contributed by atoms with Crippen LogP contribution in [0.3, 0.4) is 0 Å². The molecule has 1 aliphatic rings. The molecule has 1 atom stereocenters. The molecule has 1 aromatic carbocycles. The molecule has 1 unspecified atom stereocenters. The number of thioether (sulfide) groups is 1. The summed E-state index contributed by atoms with van der Waals surface area (Å²) in [6, 6.07) is 9.97. The molecule has 3 rings (SSSR count). The average molecular weight is 288 g/mol. The molecule has 1 aliphatic heterocycles. The van der Waals surface area contributed by atoms with Crippen LogP contribution in [0.4, 0.5) is 0 Å². The van der Waals surface area contributed by atoms with Gasteiger partial charge < -0.3 is 14.2 Å². The quantitative estimate of drug-likeness (QED) is 0.871. The summed E-state index contributed by atoms with van der Waals surface area (Å²) >= 11 is 1.67. The standard InChI is InChI=1S/C15H16N2O2S/c1-16-14(18)10-20-15(16)11-7-8-17(9-11)12-3-5-13(19-2)6-4-12/h3-9,15H,10H2,1-2H3. The Labute approximate surface area is 122 Å². The highest BCUT2D eigenvalue weighted by Crippen LogP contribution is 2.37. The molecule has 0 radical (unpaired) electrons. The minimum Gasteiger partial charge on any atom is -0.497 e. The van der Waals surface area contributed by atoms with E-state index in [4.69, 9.17) is 4.74 Å². The Kier molecular flexibility index (Phi) is 3.44. The van der Waals surface area contributed by atoms with E-state index in [0.717, 1.165) is 17.0 Å². The Bertz CT molecular complexity index is 621. The van der Waals surface area contributed by atoms with Gasteiger partial charge in [0, 0.05) is 30.7 Å². The smallest absolute Gasteiger partial charge is 0.233 e. The van der Waals surface area contributed by atoms with Gasteiger partial charge in [-0.15, -0.1) is 11.8 Å². The lowest BCUT2D eigenvalue weighted by Crippen LogP contribution is -2.22. The van der Waals surface area contributed by atoms with Gasteiger partial charge in [0.2, 0.25) is 5.91 Å². The number of benzene rings is 1. The molecular formula is C15H16N2O2S. The molecule has 0 aliphatic carbocycles. The molecule has 0 spiro atoms. The fourth-order valence-corrected chi connectivity index (χ4v) is 3.47. The van der Waals surface area contributed by atoms with E-state index >= 15 is 0 Å². The van der Waals surface area contributed by atoms with E-state index in [9.17, 15) is 4.79 Å². The first-order valence-corrected chi connectivity index (χ1v) is 7.43. The van der Waals surface area contributed by atoms with Gasteiger partial charge in [-0.05, 0) is 30.3 Å². The van der Waals surface area contributed by atoms with Crippen LogP contribution in [-0.4, -0.2) is 35.3 Å². The lowest BCUT2D eigenvalue weighted by atomic mass is 10.3. The van der Waals surface area contributed by atoms with Crippen molar-refractivity contribution in [2.75, 3.05) is 19.9 Å². The number of aromatic nitrogens is 1. The van der Waals surface area contributed by atoms with Crippen molar-refractivity contribution < 1.29 is 9.53 Å². The molecule has 0 bridgehead atoms. The maximum Gasteiger partial charge on any atom is 0.233 e. The van der Waals surface area contributed by atoms with Crippen molar-refractivity contribution in [1.82, 2.24) is 9.47 Å². The molecule has 0 N–H and O–H groups in total. The first-order valence-electron chi connectivity index (χ1n) is 6.38. The first kappa shape index (κ1) is 13.1. The summed E-state index contributed by atoms with van der Waals surface area (Å²) in [6.07, 6.45) is 4.10. The molecule has 1 fully saturated rings. The maximum atomic E-state index is 11.6. The van der Waals surface area contributed by atoms with E-state index < -0.39 is 0 Å². The number of rotatable bonds is 3. The molecule has 1 aromatic heterocycles. The van der Waals surface area contributed by atoms with Crippen molar-refractivity contribution >= 4 is 17.7 Å². The van der Waals surface area contributed by atoms with E-state index in [1.54, 1.807) is 23.8 Å². The van der Waals surface area contributed by atoms with Gasteiger partial charge in [0.15, 0.2) is 0 Å². The number of carbonyl (C=O) groups is 1. The van der Waals surface area contributed by atoms with Gasteiger partial charge in [-0.1, -0.05) is 0 Å². The van der Waals surface area contributed by atoms with Crippen LogP contribution < -0.4 is 4.74 Å². The topological polar surface area (TPSA) is 34.5 Å². The predicted molar refractivity (Wildman–Crippen MR) is 80.3 cm³/mol. The number of hydrogen-bond acceptors (Lipinski definition) is 3. The molecule has 0 saturated carbocycles. The van der Waals surface area contributed by atoms with E-state index in [0.29, 0.717) is 5.75 Å². The van der Waals surface area contributed by atoms with Gasteiger partial charge in [0.25, 0.3) is 0 Å². The van der Waals surface area contributed by atoms with Crippen LogP contribution in [0.15, 0.2) is 42.7 Å². The van der Waals surface area contributed by atoms with Gasteiger partial charge in [-0.3, -0.25) is 4.79 Å². The van der Waals surface area contributed by atoms with Gasteiger partial charge in [0.1, 0.15) is 11.1 Å². The van der Waals surface area contributed by atoms with Crippen LogP contribution >= 0.6 is 11.8 Å². The third-order valence-corrected chi connectivity index (χ3v) is 4.80. The normalized spacial score (nSPS) is 18.6. The highest BCUT2D eigenvalue weighted by Gasteiger charge is 2.30. The van der Waals surface area contributed by atoms with Crippen LogP contribution in [-0.2, 0) is 4.79 Å². The fourth-order valence-electron chi connectivity index (χ4n) is 2.29. The van der Waals surface area contributed by atoms with Crippen LogP contribution in [0, 0.1) is 0 Å². The lowest BCUT2D eigenvalue weighted by molar-refractivity contribution is -0.126. The third kappa shape index (κ3) is 2.29. The van der Waals surface area contributed by atoms with Gasteiger partial charge in [-0.25, -0.2) is 0 Å². The second-order valence-electron chi connectivity index (χ2n) is 4.72. The lowest BCUT2D eigenvalue weighted by Gasteiger charge is -2.17. The molecular weight excluding hydrogens is 272 g/mol. The summed E-state index contributed by atoms with van der Waals surface area (Å²) < 4.78 is 7.22. The number of ether oxygens (including phenoxy) is 1. The first-order chi connectivity index (χ1) is 9.69. The van der Waals surface area contributed by atoms with E-state index in [1.165, 1.54) is 0 Å². The molecule has 20 heavy (non-hydrogen) atoms. The number of carbonyl (C=O) groups excluding carboxylic acids is 1. The Morgan fingerprint density at radius 3 is 2.60 bits per heavy atom. The second-order valence-corrected chi connectivity index (χ2v) is 5.79. The molecule has 4 nitrogen and oxygen atoms in total. The van der Waals surface area contributed by atoms with Crippen LogP contribution in [0.25, 0.3) is 5.69 Å². The summed E-state index contributed by atoms with van der Waals surface area (Å²) in [4.78, 5) is 13.4. The second kappa shape index (κ2) is 5.25. The van der Waals surface area contributed by atoms with Crippen LogP contribution in [0.2, 0.25) is 0 Å². The van der Waals surface area contributed by atoms with E-state index in [1.807, 2.05) is 37.5 Å². The van der Waals surface area contributed by atoms with Gasteiger partial charge in [0.05, 0.1) is 12.9 Å². The number of amides is 1. The number of hydrogen-bond donors (Lipinski definition) is 0. The molecule has 104 valence electrons. The third-order valence-electron chi connectivity index (χ3n) is 3.48. The van der Waals surface area contributed by atoms with Crippen molar-refractivity contribution in [1.29, 1.82) is 0 Å². The summed E-state index contributed by atoms with van der Waals surface area (Å²) in [7, 11) is 3.52. The summed E-state index contributed by atoms with van der Waals surface area (Å²) in [5.74, 6) is 1.60. The zero-order valence-corrected chi connectivity index (χ0v) is 12.3. The minimum atomic E-state index is 0.127. The zero-order valence-electron chi connectivity index (χ0n) is 11.4. The van der Waals surface area contributed by atoms with Gasteiger partial charge >= 0.3 is 0 Å². The monoisotopic (exact) mass is 288 g/mol. The molecule has 1 saturated heterocycles. The summed E-state index contributed by atoms with van der Waals surface area (Å²) in [5, 5.41) is 0.127. The molecule has 2 aromatic rings. The number of nitrogens with zero attached hydrogens (tertiary/aromatic N) is 2. The average Bonchev–Trinajstić information content (AvgIpc) is 3.08. The SMILES string of the molecule is COc1ccc(-n2ccc(C3SCC(=O)N3C)c2)cc1. The highest BCUT2D eigenvalue weighted by molar-refractivity contribution is 8.00. The van der Waals surface area contributed by atoms with Crippen molar-refractivity contribution in [2.24, 2.45) is 0 Å². The van der Waals surface area contributed by atoms with Gasteiger partial charge in [-0.2, -0.15) is 0 Å². The largest absolute Gasteiger partial charge is 0.497 e. The fraction of sp³-hybridized carbons (Fsp3) is 0.267. The van der Waals surface area contributed by atoms with Crippen LogP contribution in [0.5, 0.6) is 5.75 Å². The minimum absolute atomic E-state index is 0.127. The Morgan fingerprint density at radius 1 is 1.25 bits per heavy atom. The van der Waals surface area contributed by atoms with Crippen molar-refractivity contribution in [3.8, 4) is 11.4 Å². The van der Waals surface area contributed by atoms with Crippen molar-refractivity contribution in [3.63, 3.8) is 0 Å². The Morgan fingerprint density at radius 2 is 2.00 bits per heavy atom. The Balaban J connectivity index is 1.84. The molecule has 1 amide bonds. The summed E-state index contributed by atoms with van der Waals surface area (Å²) in [5.41, 5.74) is 2.23. The van der Waals surface area contributed by atoms with Crippen LogP contribution in [0.1, 0.15) is 10.9 Å². The molecule has 2 heterocycles. The highest BCUT2D eigenvalue weighted by atomic mass is 32.2. The van der Waals surface area contributed by atoms with Crippen molar-refractivity contribution in [3.05, 3.63) is 48.3 Å². The van der Waals surface area contributed by atoms with E-state index in [-0.39, 0.29) is 11.3 Å². The summed E-state index contributed by atoms with van der Waals surface area (Å²) in [6.45, 7) is 0.